The summed E-state index contributed by atoms with van der Waals surface area (Å²) in [5.41, 5.74) is 4.59. The fraction of sp³-hybridized carbons (Fsp3) is 0.308. The van der Waals surface area contributed by atoms with E-state index in [2.05, 4.69) is 68.9 Å². The summed E-state index contributed by atoms with van der Waals surface area (Å²) in [6, 6.07) is 16.9. The van der Waals surface area contributed by atoms with Crippen molar-refractivity contribution in [2.24, 2.45) is 5.92 Å². The summed E-state index contributed by atoms with van der Waals surface area (Å²) in [7, 11) is 0. The Balaban J connectivity index is 1.40. The Bertz CT molecular complexity index is 1180. The summed E-state index contributed by atoms with van der Waals surface area (Å²) in [5.74, 6) is 2.55. The van der Waals surface area contributed by atoms with Crippen molar-refractivity contribution in [3.8, 4) is 16.9 Å². The van der Waals surface area contributed by atoms with Crippen LogP contribution in [0.2, 0.25) is 0 Å². The van der Waals surface area contributed by atoms with Crippen LogP contribution in [0.25, 0.3) is 21.3 Å². The van der Waals surface area contributed by atoms with Crippen LogP contribution in [0.15, 0.2) is 60.2 Å². The molecule has 0 aliphatic carbocycles. The van der Waals surface area contributed by atoms with Crippen LogP contribution in [0, 0.1) is 5.92 Å². The summed E-state index contributed by atoms with van der Waals surface area (Å²) in [5, 5.41) is 6.73. The van der Waals surface area contributed by atoms with Crippen molar-refractivity contribution in [2.75, 3.05) is 29.9 Å². The van der Waals surface area contributed by atoms with Crippen LogP contribution in [0.4, 0.5) is 17.2 Å². The summed E-state index contributed by atoms with van der Waals surface area (Å²) < 4.78 is 5.59. The molecule has 0 spiro atoms. The number of nitrogens with zero attached hydrogens (tertiary/aromatic N) is 3. The minimum Gasteiger partial charge on any atom is -0.494 e. The largest absolute Gasteiger partial charge is 0.494 e. The molecule has 1 fully saturated rings. The second-order valence-corrected chi connectivity index (χ2v) is 9.21. The second-order valence-electron chi connectivity index (χ2n) is 8.35. The van der Waals surface area contributed by atoms with E-state index in [4.69, 9.17) is 4.74 Å². The third-order valence-electron chi connectivity index (χ3n) is 6.13. The molecule has 0 bridgehead atoms. The predicted octanol–water partition coefficient (Wildman–Crippen LogP) is 6.74. The highest BCUT2D eigenvalue weighted by Gasteiger charge is 2.17. The second kappa shape index (κ2) is 9.17. The molecule has 0 radical (unpaired) electrons. The van der Waals surface area contributed by atoms with E-state index < -0.39 is 0 Å². The van der Waals surface area contributed by atoms with Crippen molar-refractivity contribution in [3.63, 3.8) is 0 Å². The van der Waals surface area contributed by atoms with Crippen molar-refractivity contribution in [3.05, 3.63) is 60.2 Å². The lowest BCUT2D eigenvalue weighted by Gasteiger charge is -2.32. The first-order valence-corrected chi connectivity index (χ1v) is 12.2. The first-order valence-electron chi connectivity index (χ1n) is 11.3. The van der Waals surface area contributed by atoms with Gasteiger partial charge in [-0.2, -0.15) is 0 Å². The Morgan fingerprint density at radius 1 is 1.03 bits per heavy atom. The average molecular weight is 445 g/mol. The van der Waals surface area contributed by atoms with E-state index in [9.17, 15) is 0 Å². The molecule has 3 heterocycles. The molecule has 2 aromatic carbocycles. The Kier molecular flexibility index (Phi) is 5.95. The van der Waals surface area contributed by atoms with Crippen LogP contribution in [0.5, 0.6) is 5.75 Å². The molecule has 32 heavy (non-hydrogen) atoms. The minimum atomic E-state index is 0.665. The lowest BCUT2D eigenvalue weighted by molar-refractivity contribution is 0.340. The van der Waals surface area contributed by atoms with Crippen LogP contribution in [0.3, 0.4) is 0 Å². The predicted molar refractivity (Wildman–Crippen MR) is 134 cm³/mol. The number of hydrogen-bond donors (Lipinski definition) is 1. The summed E-state index contributed by atoms with van der Waals surface area (Å²) >= 11 is 1.64. The standard InChI is InChI=1S/C26H28N4OS/c1-3-31-22-10-4-19(5-11-22)23-16-32-26-24(23)25(27-17-28-26)29-20-6-8-21(9-7-20)30-14-12-18(2)13-15-30/h4-11,16-18H,3,12-15H2,1-2H3,(H,27,28,29). The van der Waals surface area contributed by atoms with Gasteiger partial charge >= 0.3 is 0 Å². The van der Waals surface area contributed by atoms with Gasteiger partial charge in [-0.25, -0.2) is 9.97 Å². The number of nitrogens with one attached hydrogen (secondary N) is 1. The number of hydrogen-bond acceptors (Lipinski definition) is 6. The Morgan fingerprint density at radius 3 is 2.50 bits per heavy atom. The number of thiophene rings is 1. The van der Waals surface area contributed by atoms with Crippen molar-refractivity contribution in [2.45, 2.75) is 26.7 Å². The molecule has 1 aliphatic rings. The van der Waals surface area contributed by atoms with Gasteiger partial charge < -0.3 is 15.0 Å². The number of aromatic nitrogens is 2. The lowest BCUT2D eigenvalue weighted by atomic mass is 9.99. The maximum atomic E-state index is 5.59. The zero-order valence-electron chi connectivity index (χ0n) is 18.5. The fourth-order valence-electron chi connectivity index (χ4n) is 4.24. The van der Waals surface area contributed by atoms with E-state index in [1.165, 1.54) is 18.5 Å². The Morgan fingerprint density at radius 2 is 1.78 bits per heavy atom. The zero-order valence-corrected chi connectivity index (χ0v) is 19.4. The third-order valence-corrected chi connectivity index (χ3v) is 7.01. The van der Waals surface area contributed by atoms with Crippen LogP contribution in [0.1, 0.15) is 26.7 Å². The molecular weight excluding hydrogens is 416 g/mol. The maximum absolute atomic E-state index is 5.59. The summed E-state index contributed by atoms with van der Waals surface area (Å²) in [6.07, 6.45) is 4.17. The molecular formula is C26H28N4OS. The van der Waals surface area contributed by atoms with E-state index in [0.29, 0.717) is 6.61 Å². The number of piperidine rings is 1. The molecule has 1 N–H and O–H groups in total. The van der Waals surface area contributed by atoms with E-state index in [0.717, 1.165) is 57.6 Å². The first-order chi connectivity index (χ1) is 15.7. The molecule has 0 unspecified atom stereocenters. The summed E-state index contributed by atoms with van der Waals surface area (Å²) in [4.78, 5) is 12.5. The highest BCUT2D eigenvalue weighted by atomic mass is 32.1. The van der Waals surface area contributed by atoms with Crippen molar-refractivity contribution in [1.82, 2.24) is 9.97 Å². The maximum Gasteiger partial charge on any atom is 0.143 e. The van der Waals surface area contributed by atoms with Crippen molar-refractivity contribution < 1.29 is 4.74 Å². The molecule has 164 valence electrons. The highest BCUT2D eigenvalue weighted by Crippen LogP contribution is 2.38. The molecule has 1 aliphatic heterocycles. The molecule has 0 amide bonds. The SMILES string of the molecule is CCOc1ccc(-c2csc3ncnc(Nc4ccc(N5CCC(C)CC5)cc4)c23)cc1. The topological polar surface area (TPSA) is 50.3 Å². The zero-order chi connectivity index (χ0) is 21.9. The number of rotatable bonds is 6. The normalized spacial score (nSPS) is 14.6. The Hall–Kier alpha value is -3.12. The van der Waals surface area contributed by atoms with Gasteiger partial charge in [-0.3, -0.25) is 0 Å². The average Bonchev–Trinajstić information content (AvgIpc) is 3.26. The summed E-state index contributed by atoms with van der Waals surface area (Å²) in [6.45, 7) is 7.29. The van der Waals surface area contributed by atoms with Gasteiger partial charge in [0.15, 0.2) is 0 Å². The van der Waals surface area contributed by atoms with E-state index in [1.807, 2.05) is 19.1 Å². The molecule has 1 saturated heterocycles. The van der Waals surface area contributed by atoms with Gasteiger partial charge in [0, 0.05) is 35.4 Å². The lowest BCUT2D eigenvalue weighted by Crippen LogP contribution is -2.32. The van der Waals surface area contributed by atoms with Crippen molar-refractivity contribution >= 4 is 38.7 Å². The van der Waals surface area contributed by atoms with Gasteiger partial charge in [-0.05, 0) is 67.6 Å². The van der Waals surface area contributed by atoms with Gasteiger partial charge in [-0.15, -0.1) is 11.3 Å². The smallest absolute Gasteiger partial charge is 0.143 e. The quantitative estimate of drug-likeness (QED) is 0.357. The fourth-order valence-corrected chi connectivity index (χ4v) is 5.15. The first kappa shape index (κ1) is 20.8. The van der Waals surface area contributed by atoms with Crippen LogP contribution >= 0.6 is 11.3 Å². The Labute approximate surface area is 193 Å². The molecule has 0 atom stereocenters. The van der Waals surface area contributed by atoms with Crippen LogP contribution < -0.4 is 15.0 Å². The van der Waals surface area contributed by atoms with Gasteiger partial charge in [0.2, 0.25) is 0 Å². The van der Waals surface area contributed by atoms with E-state index in [-0.39, 0.29) is 0 Å². The van der Waals surface area contributed by atoms with E-state index in [1.54, 1.807) is 17.7 Å². The number of fused-ring (bicyclic) bond motifs is 1. The molecule has 4 aromatic rings. The minimum absolute atomic E-state index is 0.665. The van der Waals surface area contributed by atoms with Crippen LogP contribution in [-0.4, -0.2) is 29.7 Å². The molecule has 6 heteroatoms. The molecule has 2 aromatic heterocycles. The molecule has 5 nitrogen and oxygen atoms in total. The highest BCUT2D eigenvalue weighted by molar-refractivity contribution is 7.17. The van der Waals surface area contributed by atoms with Crippen LogP contribution in [-0.2, 0) is 0 Å². The van der Waals surface area contributed by atoms with Gasteiger partial charge in [0.1, 0.15) is 22.7 Å². The van der Waals surface area contributed by atoms with E-state index >= 15 is 0 Å². The number of anilines is 3. The van der Waals surface area contributed by atoms with Gasteiger partial charge in [0.05, 0.1) is 12.0 Å². The van der Waals surface area contributed by atoms with Crippen molar-refractivity contribution in [1.29, 1.82) is 0 Å². The number of benzene rings is 2. The van der Waals surface area contributed by atoms with Gasteiger partial charge in [0.25, 0.3) is 0 Å². The monoisotopic (exact) mass is 444 g/mol. The molecule has 5 rings (SSSR count). The third kappa shape index (κ3) is 4.28. The molecule has 0 saturated carbocycles. The van der Waals surface area contributed by atoms with Gasteiger partial charge in [-0.1, -0.05) is 19.1 Å². The number of ether oxygens (including phenoxy) is 1.